The van der Waals surface area contributed by atoms with Crippen molar-refractivity contribution in [1.29, 1.82) is 0 Å². The van der Waals surface area contributed by atoms with E-state index in [9.17, 15) is 0 Å². The van der Waals surface area contributed by atoms with Gasteiger partial charge in [0.15, 0.2) is 0 Å². The van der Waals surface area contributed by atoms with Gasteiger partial charge in [0.25, 0.3) is 0 Å². The van der Waals surface area contributed by atoms with Crippen molar-refractivity contribution in [2.75, 3.05) is 6.54 Å². The van der Waals surface area contributed by atoms with Crippen molar-refractivity contribution in [3.8, 4) is 0 Å². The standard InChI is InChI=1S/C9H15N2/c1-4-6-9(10)8(3)11-7-5-2/h4-5,11H,1-3,6-7,10H2. The van der Waals surface area contributed by atoms with E-state index in [-0.39, 0.29) is 0 Å². The van der Waals surface area contributed by atoms with Gasteiger partial charge in [-0.3, -0.25) is 0 Å². The molecule has 0 saturated heterocycles. The highest BCUT2D eigenvalue weighted by atomic mass is 14.9. The molecule has 2 heteroatoms. The van der Waals surface area contributed by atoms with Gasteiger partial charge in [-0.2, -0.15) is 0 Å². The summed E-state index contributed by atoms with van der Waals surface area (Å²) in [6, 6.07) is 0.724. The van der Waals surface area contributed by atoms with Gasteiger partial charge in [0, 0.05) is 12.2 Å². The van der Waals surface area contributed by atoms with Crippen LogP contribution in [0, 0.1) is 6.04 Å². The second-order valence-electron chi connectivity index (χ2n) is 2.17. The molecule has 0 aromatic rings. The summed E-state index contributed by atoms with van der Waals surface area (Å²) in [5.41, 5.74) is 6.37. The van der Waals surface area contributed by atoms with E-state index in [0.717, 1.165) is 11.7 Å². The molecule has 0 aliphatic rings. The lowest BCUT2D eigenvalue weighted by Gasteiger charge is -2.12. The zero-order chi connectivity index (χ0) is 8.69. The van der Waals surface area contributed by atoms with Crippen molar-refractivity contribution >= 4 is 0 Å². The quantitative estimate of drug-likeness (QED) is 0.562. The minimum absolute atomic E-state index is 0.670. The fourth-order valence-electron chi connectivity index (χ4n) is 0.588. The largest absolute Gasteiger partial charge is 0.384 e. The molecule has 1 radical (unpaired) electrons. The van der Waals surface area contributed by atoms with Crippen LogP contribution >= 0.6 is 0 Å². The van der Waals surface area contributed by atoms with E-state index in [1.807, 2.05) is 0 Å². The summed E-state index contributed by atoms with van der Waals surface area (Å²) >= 11 is 0. The summed E-state index contributed by atoms with van der Waals surface area (Å²) < 4.78 is 0. The van der Waals surface area contributed by atoms with Gasteiger partial charge < -0.3 is 11.1 Å². The van der Waals surface area contributed by atoms with Crippen LogP contribution in [0.2, 0.25) is 0 Å². The molecule has 61 valence electrons. The van der Waals surface area contributed by atoms with Gasteiger partial charge in [-0.05, 0) is 6.42 Å². The van der Waals surface area contributed by atoms with Crippen LogP contribution in [-0.2, 0) is 0 Å². The van der Waals surface area contributed by atoms with Crippen molar-refractivity contribution in [2.24, 2.45) is 5.73 Å². The second kappa shape index (κ2) is 5.74. The fourth-order valence-corrected chi connectivity index (χ4v) is 0.588. The lowest BCUT2D eigenvalue weighted by Crippen LogP contribution is -2.23. The molecule has 2 nitrogen and oxygen atoms in total. The SMILES string of the molecule is C=CCNC(=C)[C](N)CC=C. The molecule has 0 heterocycles. The van der Waals surface area contributed by atoms with Crippen LogP contribution in [0.5, 0.6) is 0 Å². The molecule has 0 amide bonds. The monoisotopic (exact) mass is 151 g/mol. The third kappa shape index (κ3) is 4.39. The lowest BCUT2D eigenvalue weighted by molar-refractivity contribution is 0.825. The van der Waals surface area contributed by atoms with E-state index in [1.165, 1.54) is 0 Å². The molecule has 11 heavy (non-hydrogen) atoms. The summed E-state index contributed by atoms with van der Waals surface area (Å²) in [5, 5.41) is 2.99. The Morgan fingerprint density at radius 3 is 2.45 bits per heavy atom. The van der Waals surface area contributed by atoms with Crippen LogP contribution in [0.15, 0.2) is 37.6 Å². The van der Waals surface area contributed by atoms with Crippen molar-refractivity contribution in [2.45, 2.75) is 6.42 Å². The number of nitrogens with one attached hydrogen (secondary N) is 1. The van der Waals surface area contributed by atoms with Crippen LogP contribution in [0.25, 0.3) is 0 Å². The topological polar surface area (TPSA) is 38.0 Å². The molecule has 0 rings (SSSR count). The van der Waals surface area contributed by atoms with Crippen molar-refractivity contribution in [1.82, 2.24) is 5.32 Å². The molecule has 3 N–H and O–H groups in total. The van der Waals surface area contributed by atoms with Gasteiger partial charge in [0.05, 0.1) is 6.04 Å². The van der Waals surface area contributed by atoms with Gasteiger partial charge in [0.1, 0.15) is 0 Å². The molecule has 0 atom stereocenters. The Bertz CT molecular complexity index is 150. The van der Waals surface area contributed by atoms with Crippen LogP contribution in [0.1, 0.15) is 6.42 Å². The van der Waals surface area contributed by atoms with Crippen LogP contribution < -0.4 is 11.1 Å². The highest BCUT2D eigenvalue weighted by Crippen LogP contribution is 2.05. The Hall–Kier alpha value is -1.02. The summed E-state index contributed by atoms with van der Waals surface area (Å²) in [7, 11) is 0. The Morgan fingerprint density at radius 1 is 1.36 bits per heavy atom. The molecule has 0 unspecified atom stereocenters. The maximum absolute atomic E-state index is 5.62. The fraction of sp³-hybridized carbons (Fsp3) is 0.222. The van der Waals surface area contributed by atoms with Gasteiger partial charge in [-0.1, -0.05) is 18.7 Å². The molecule has 0 fully saturated rings. The number of nitrogens with two attached hydrogens (primary N) is 1. The van der Waals surface area contributed by atoms with Gasteiger partial charge >= 0.3 is 0 Å². The maximum Gasteiger partial charge on any atom is 0.0828 e. The maximum atomic E-state index is 5.62. The first-order chi connectivity index (χ1) is 5.22. The molecule has 0 saturated carbocycles. The first-order valence-corrected chi connectivity index (χ1v) is 3.48. The predicted octanol–water partition coefficient (Wildman–Crippen LogP) is 1.34. The van der Waals surface area contributed by atoms with Crippen LogP contribution in [0.4, 0.5) is 0 Å². The number of rotatable bonds is 6. The molecule has 0 aliphatic carbocycles. The molecule has 0 aliphatic heterocycles. The molecular weight excluding hydrogens is 136 g/mol. The smallest absolute Gasteiger partial charge is 0.0828 e. The second-order valence-corrected chi connectivity index (χ2v) is 2.17. The lowest BCUT2D eigenvalue weighted by atomic mass is 10.2. The van der Waals surface area contributed by atoms with E-state index in [0.29, 0.717) is 13.0 Å². The number of hydrogen-bond donors (Lipinski definition) is 2. The summed E-state index contributed by atoms with van der Waals surface area (Å²) in [6.45, 7) is 11.6. The van der Waals surface area contributed by atoms with Crippen molar-refractivity contribution in [3.05, 3.63) is 43.6 Å². The minimum atomic E-state index is 0.670. The third-order valence-electron chi connectivity index (χ3n) is 1.21. The zero-order valence-corrected chi connectivity index (χ0v) is 6.77. The first-order valence-electron chi connectivity index (χ1n) is 3.48. The van der Waals surface area contributed by atoms with E-state index in [4.69, 9.17) is 5.73 Å². The zero-order valence-electron chi connectivity index (χ0n) is 6.77. The van der Waals surface area contributed by atoms with Crippen molar-refractivity contribution < 1.29 is 0 Å². The average Bonchev–Trinajstić information content (AvgIpc) is 2.00. The highest BCUT2D eigenvalue weighted by Gasteiger charge is 2.03. The van der Waals surface area contributed by atoms with Gasteiger partial charge in [-0.15, -0.1) is 13.2 Å². The Balaban J connectivity index is 3.62. The number of hydrogen-bond acceptors (Lipinski definition) is 2. The van der Waals surface area contributed by atoms with E-state index >= 15 is 0 Å². The third-order valence-corrected chi connectivity index (χ3v) is 1.21. The first kappa shape index (κ1) is 9.98. The van der Waals surface area contributed by atoms with E-state index in [1.54, 1.807) is 12.2 Å². The average molecular weight is 151 g/mol. The minimum Gasteiger partial charge on any atom is -0.384 e. The molecular formula is C9H15N2. The van der Waals surface area contributed by atoms with Gasteiger partial charge in [-0.25, -0.2) is 0 Å². The van der Waals surface area contributed by atoms with Crippen molar-refractivity contribution in [3.63, 3.8) is 0 Å². The van der Waals surface area contributed by atoms with Crippen LogP contribution in [0.3, 0.4) is 0 Å². The molecule has 0 aromatic carbocycles. The molecule has 0 bridgehead atoms. The highest BCUT2D eigenvalue weighted by molar-refractivity contribution is 5.17. The summed E-state index contributed by atoms with van der Waals surface area (Å²) in [4.78, 5) is 0. The summed E-state index contributed by atoms with van der Waals surface area (Å²) in [5.74, 6) is 0. The normalized spacial score (nSPS) is 9.27. The molecule has 0 spiro atoms. The summed E-state index contributed by atoms with van der Waals surface area (Å²) in [6.07, 6.45) is 4.17. The molecule has 0 aromatic heterocycles. The van der Waals surface area contributed by atoms with E-state index < -0.39 is 0 Å². The van der Waals surface area contributed by atoms with Crippen LogP contribution in [-0.4, -0.2) is 6.54 Å². The van der Waals surface area contributed by atoms with E-state index in [2.05, 4.69) is 25.1 Å². The van der Waals surface area contributed by atoms with Gasteiger partial charge in [0.2, 0.25) is 0 Å². The Kier molecular flexibility index (Phi) is 5.21. The Labute approximate surface area is 68.5 Å². The predicted molar refractivity (Wildman–Crippen MR) is 49.6 cm³/mol. The Morgan fingerprint density at radius 2 is 2.00 bits per heavy atom.